The lowest BCUT2D eigenvalue weighted by atomic mass is 9.84. The van der Waals surface area contributed by atoms with Crippen molar-refractivity contribution in [2.75, 3.05) is 17.3 Å². The molecule has 2 fully saturated rings. The SMILES string of the molecule is COc1ccccc1N1C(=O)C2C(C1=O)C1c3ccccc3C=CN1C2C(=O)Nc1ccc(Cl)cc1. The molecule has 0 aliphatic carbocycles. The van der Waals surface area contributed by atoms with E-state index in [-0.39, 0.29) is 11.8 Å². The number of anilines is 2. The smallest absolute Gasteiger partial charge is 0.247 e. The molecular weight excluding hydrogens is 478 g/mol. The van der Waals surface area contributed by atoms with Crippen LogP contribution in [0.1, 0.15) is 17.2 Å². The Morgan fingerprint density at radius 3 is 2.39 bits per heavy atom. The van der Waals surface area contributed by atoms with E-state index in [4.69, 9.17) is 16.3 Å². The number of benzene rings is 3. The first kappa shape index (κ1) is 22.4. The average Bonchev–Trinajstić information content (AvgIpc) is 3.38. The molecule has 0 saturated carbocycles. The lowest BCUT2D eigenvalue weighted by Gasteiger charge is -2.35. The molecule has 0 bridgehead atoms. The molecule has 3 aliphatic heterocycles. The van der Waals surface area contributed by atoms with Gasteiger partial charge in [-0.05, 0) is 53.6 Å². The number of carbonyl (C=O) groups excluding carboxylic acids is 3. The number of para-hydroxylation sites is 2. The van der Waals surface area contributed by atoms with Crippen molar-refractivity contribution in [3.8, 4) is 5.75 Å². The molecule has 1 N–H and O–H groups in total. The summed E-state index contributed by atoms with van der Waals surface area (Å²) < 4.78 is 5.44. The highest BCUT2D eigenvalue weighted by atomic mass is 35.5. The van der Waals surface area contributed by atoms with Crippen LogP contribution in [0.15, 0.2) is 79.0 Å². The van der Waals surface area contributed by atoms with Crippen molar-refractivity contribution in [1.82, 2.24) is 4.90 Å². The van der Waals surface area contributed by atoms with Crippen LogP contribution in [0.4, 0.5) is 11.4 Å². The van der Waals surface area contributed by atoms with Gasteiger partial charge in [0.1, 0.15) is 11.8 Å². The third-order valence-corrected chi connectivity index (χ3v) is 7.42. The molecule has 36 heavy (non-hydrogen) atoms. The molecule has 3 aromatic carbocycles. The number of rotatable bonds is 4. The number of ether oxygens (including phenoxy) is 1. The van der Waals surface area contributed by atoms with Gasteiger partial charge in [-0.1, -0.05) is 48.0 Å². The molecule has 3 heterocycles. The van der Waals surface area contributed by atoms with Crippen molar-refractivity contribution in [3.05, 3.63) is 95.1 Å². The lowest BCUT2D eigenvalue weighted by molar-refractivity contribution is -0.128. The zero-order valence-electron chi connectivity index (χ0n) is 19.3. The highest BCUT2D eigenvalue weighted by Crippen LogP contribution is 2.54. The van der Waals surface area contributed by atoms with Gasteiger partial charge in [-0.2, -0.15) is 0 Å². The van der Waals surface area contributed by atoms with Crippen LogP contribution in [0.2, 0.25) is 5.02 Å². The molecule has 0 spiro atoms. The molecule has 0 aromatic heterocycles. The first-order valence-corrected chi connectivity index (χ1v) is 12.0. The van der Waals surface area contributed by atoms with Gasteiger partial charge in [-0.25, -0.2) is 4.90 Å². The van der Waals surface area contributed by atoms with Crippen LogP contribution in [0.3, 0.4) is 0 Å². The van der Waals surface area contributed by atoms with Gasteiger partial charge in [0.2, 0.25) is 17.7 Å². The predicted octanol–water partition coefficient (Wildman–Crippen LogP) is 4.50. The van der Waals surface area contributed by atoms with Gasteiger partial charge in [0.05, 0.1) is 30.7 Å². The number of nitrogens with zero attached hydrogens (tertiary/aromatic N) is 2. The van der Waals surface area contributed by atoms with Crippen molar-refractivity contribution in [1.29, 1.82) is 0 Å². The van der Waals surface area contributed by atoms with Crippen LogP contribution in [-0.4, -0.2) is 35.8 Å². The average molecular weight is 500 g/mol. The van der Waals surface area contributed by atoms with E-state index in [9.17, 15) is 14.4 Å². The van der Waals surface area contributed by atoms with Gasteiger partial charge in [-0.15, -0.1) is 0 Å². The van der Waals surface area contributed by atoms with Crippen molar-refractivity contribution in [2.45, 2.75) is 12.1 Å². The summed E-state index contributed by atoms with van der Waals surface area (Å²) in [5, 5.41) is 3.46. The Kier molecular flexibility index (Phi) is 5.30. The largest absolute Gasteiger partial charge is 0.495 e. The topological polar surface area (TPSA) is 79.0 Å². The third-order valence-electron chi connectivity index (χ3n) is 7.17. The number of hydrogen-bond donors (Lipinski definition) is 1. The molecule has 4 unspecified atom stereocenters. The van der Waals surface area contributed by atoms with E-state index < -0.39 is 29.8 Å². The quantitative estimate of drug-likeness (QED) is 0.535. The fourth-order valence-corrected chi connectivity index (χ4v) is 5.78. The summed E-state index contributed by atoms with van der Waals surface area (Å²) in [6, 6.07) is 20.1. The Labute approximate surface area is 212 Å². The summed E-state index contributed by atoms with van der Waals surface area (Å²) in [6.45, 7) is 0. The molecule has 2 saturated heterocycles. The second-order valence-corrected chi connectivity index (χ2v) is 9.45. The standard InChI is InChI=1S/C28H22ClN3O4/c1-36-21-9-5-4-8-20(21)32-27(34)22-23(28(32)35)25(26(33)30-18-12-10-17(29)11-13-18)31-15-14-16-6-2-3-7-19(16)24(22)31/h2-15,22-25H,1H3,(H,30,33). The molecule has 6 rings (SSSR count). The van der Waals surface area contributed by atoms with E-state index >= 15 is 0 Å². The van der Waals surface area contributed by atoms with E-state index in [2.05, 4.69) is 5.32 Å². The molecule has 3 aliphatic rings. The Balaban J connectivity index is 1.45. The van der Waals surface area contributed by atoms with Gasteiger partial charge in [0, 0.05) is 16.9 Å². The zero-order valence-corrected chi connectivity index (χ0v) is 20.1. The Bertz CT molecular complexity index is 1420. The van der Waals surface area contributed by atoms with Crippen LogP contribution in [0.25, 0.3) is 6.08 Å². The van der Waals surface area contributed by atoms with Gasteiger partial charge in [0.25, 0.3) is 0 Å². The van der Waals surface area contributed by atoms with Gasteiger partial charge >= 0.3 is 0 Å². The fraction of sp³-hybridized carbons (Fsp3) is 0.179. The zero-order chi connectivity index (χ0) is 25.0. The maximum atomic E-state index is 13.9. The molecule has 4 atom stereocenters. The summed E-state index contributed by atoms with van der Waals surface area (Å²) in [7, 11) is 1.50. The van der Waals surface area contributed by atoms with Gasteiger partial charge < -0.3 is 15.0 Å². The van der Waals surface area contributed by atoms with Crippen molar-refractivity contribution in [3.63, 3.8) is 0 Å². The molecular formula is C28H22ClN3O4. The number of imide groups is 1. The maximum absolute atomic E-state index is 13.9. The summed E-state index contributed by atoms with van der Waals surface area (Å²) in [5.74, 6) is -2.28. The highest BCUT2D eigenvalue weighted by molar-refractivity contribution is 6.30. The minimum atomic E-state index is -0.878. The van der Waals surface area contributed by atoms with E-state index in [0.717, 1.165) is 11.1 Å². The van der Waals surface area contributed by atoms with Crippen LogP contribution in [0, 0.1) is 11.8 Å². The van der Waals surface area contributed by atoms with Crippen molar-refractivity contribution >= 4 is 46.8 Å². The van der Waals surface area contributed by atoms with Crippen LogP contribution in [0.5, 0.6) is 5.75 Å². The number of nitrogens with one attached hydrogen (secondary N) is 1. The summed E-state index contributed by atoms with van der Waals surface area (Å²) >= 11 is 5.99. The summed E-state index contributed by atoms with van der Waals surface area (Å²) in [4.78, 5) is 44.6. The van der Waals surface area contributed by atoms with Crippen molar-refractivity contribution < 1.29 is 19.1 Å². The minimum absolute atomic E-state index is 0.337. The van der Waals surface area contributed by atoms with E-state index in [1.807, 2.05) is 41.4 Å². The molecule has 0 radical (unpaired) electrons. The maximum Gasteiger partial charge on any atom is 0.247 e. The summed E-state index contributed by atoms with van der Waals surface area (Å²) in [6.07, 6.45) is 3.74. The highest BCUT2D eigenvalue weighted by Gasteiger charge is 2.64. The number of hydrogen-bond acceptors (Lipinski definition) is 5. The number of fused-ring (bicyclic) bond motifs is 5. The second-order valence-electron chi connectivity index (χ2n) is 9.01. The number of carbonyl (C=O) groups is 3. The molecule has 7 nitrogen and oxygen atoms in total. The van der Waals surface area contributed by atoms with Crippen LogP contribution < -0.4 is 15.0 Å². The van der Waals surface area contributed by atoms with Crippen molar-refractivity contribution in [2.24, 2.45) is 11.8 Å². The van der Waals surface area contributed by atoms with Gasteiger partial charge in [0.15, 0.2) is 0 Å². The number of amides is 3. The first-order valence-electron chi connectivity index (χ1n) is 11.6. The molecule has 180 valence electrons. The molecule has 8 heteroatoms. The second kappa shape index (κ2) is 8.53. The van der Waals surface area contributed by atoms with E-state index in [1.165, 1.54) is 12.0 Å². The Morgan fingerprint density at radius 2 is 1.61 bits per heavy atom. The summed E-state index contributed by atoms with van der Waals surface area (Å²) in [5.41, 5.74) is 2.82. The Hall–Kier alpha value is -4.10. The monoisotopic (exact) mass is 499 g/mol. The van der Waals surface area contributed by atoms with Crippen LogP contribution in [-0.2, 0) is 14.4 Å². The fourth-order valence-electron chi connectivity index (χ4n) is 5.66. The normalized spacial score (nSPS) is 23.8. The third kappa shape index (κ3) is 3.31. The Morgan fingerprint density at radius 1 is 0.917 bits per heavy atom. The minimum Gasteiger partial charge on any atom is -0.495 e. The molecule has 3 amide bonds. The van der Waals surface area contributed by atoms with Gasteiger partial charge in [-0.3, -0.25) is 14.4 Å². The number of halogens is 1. The first-order chi connectivity index (χ1) is 17.5. The van der Waals surface area contributed by atoms with E-state index in [0.29, 0.717) is 22.1 Å². The predicted molar refractivity (Wildman–Crippen MR) is 136 cm³/mol. The van der Waals surface area contributed by atoms with Crippen LogP contribution >= 0.6 is 11.6 Å². The number of methoxy groups -OCH3 is 1. The molecule has 3 aromatic rings. The lowest BCUT2D eigenvalue weighted by Crippen LogP contribution is -2.46. The van der Waals surface area contributed by atoms with E-state index in [1.54, 1.807) is 48.5 Å².